The highest BCUT2D eigenvalue weighted by Crippen LogP contribution is 2.22. The minimum Gasteiger partial charge on any atom is -0.372 e. The van der Waals surface area contributed by atoms with Gasteiger partial charge in [-0.15, -0.1) is 0 Å². The Labute approximate surface area is 184 Å². The molecule has 0 unspecified atom stereocenters. The molecule has 7 heteroatoms. The molecule has 0 aromatic heterocycles. The van der Waals surface area contributed by atoms with Crippen LogP contribution in [0.2, 0.25) is 0 Å². The lowest BCUT2D eigenvalue weighted by Gasteiger charge is -2.28. The van der Waals surface area contributed by atoms with Crippen molar-refractivity contribution < 1.29 is 18.0 Å². The summed E-state index contributed by atoms with van der Waals surface area (Å²) in [6.45, 7) is 2.03. The molecule has 0 spiro atoms. The van der Waals surface area contributed by atoms with E-state index in [2.05, 4.69) is 15.4 Å². The van der Waals surface area contributed by atoms with Crippen molar-refractivity contribution in [1.82, 2.24) is 5.43 Å². The van der Waals surface area contributed by atoms with Crippen molar-refractivity contribution in [2.75, 3.05) is 18.0 Å². The first-order valence-corrected chi connectivity index (χ1v) is 10.5. The number of carbonyl (C=O) groups is 1. The zero-order chi connectivity index (χ0) is 22.5. The summed E-state index contributed by atoms with van der Waals surface area (Å²) < 4.78 is 40.1. The summed E-state index contributed by atoms with van der Waals surface area (Å²) in [6.07, 6.45) is 3.58. The topological polar surface area (TPSA) is 44.7 Å². The number of amides is 1. The molecule has 0 atom stereocenters. The van der Waals surface area contributed by atoms with Gasteiger partial charge in [-0.2, -0.15) is 5.10 Å². The standard InChI is InChI=1S/C25H22F3N3O/c26-20-9-4-17(5-10-20)24(29-30-25(32)19-8-13-22(27)23(28)16-19)18-6-11-21(12-7-18)31-14-2-1-3-15-31/h4-13,16H,1-3,14-15H2,(H,30,32)/b29-24-. The Morgan fingerprint density at radius 2 is 1.34 bits per heavy atom. The predicted octanol–water partition coefficient (Wildman–Crippen LogP) is 5.28. The van der Waals surface area contributed by atoms with Gasteiger partial charge in [0.15, 0.2) is 11.6 Å². The Morgan fingerprint density at radius 3 is 1.97 bits per heavy atom. The van der Waals surface area contributed by atoms with Gasteiger partial charge < -0.3 is 4.90 Å². The van der Waals surface area contributed by atoms with E-state index in [0.717, 1.165) is 36.5 Å². The van der Waals surface area contributed by atoms with Crippen LogP contribution >= 0.6 is 0 Å². The molecule has 1 N–H and O–H groups in total. The van der Waals surface area contributed by atoms with Gasteiger partial charge in [0.25, 0.3) is 5.91 Å². The molecule has 4 rings (SSSR count). The maximum absolute atomic E-state index is 13.5. The van der Waals surface area contributed by atoms with E-state index in [-0.39, 0.29) is 11.4 Å². The van der Waals surface area contributed by atoms with Gasteiger partial charge in [-0.25, -0.2) is 18.6 Å². The zero-order valence-corrected chi connectivity index (χ0v) is 17.3. The summed E-state index contributed by atoms with van der Waals surface area (Å²) in [5.41, 5.74) is 5.18. The molecule has 3 aromatic rings. The summed E-state index contributed by atoms with van der Waals surface area (Å²) in [6, 6.07) is 16.4. The van der Waals surface area contributed by atoms with Crippen LogP contribution in [0.25, 0.3) is 0 Å². The molecule has 0 radical (unpaired) electrons. The van der Waals surface area contributed by atoms with Gasteiger partial charge in [0.1, 0.15) is 5.82 Å². The van der Waals surface area contributed by atoms with Crippen LogP contribution in [0.3, 0.4) is 0 Å². The molecule has 1 aliphatic rings. The Balaban J connectivity index is 1.62. The Hall–Kier alpha value is -3.61. The second-order valence-electron chi connectivity index (χ2n) is 7.63. The van der Waals surface area contributed by atoms with Gasteiger partial charge in [-0.05, 0) is 73.9 Å². The second kappa shape index (κ2) is 9.68. The number of hydrogen-bond donors (Lipinski definition) is 1. The number of hydrazone groups is 1. The van der Waals surface area contributed by atoms with E-state index in [1.165, 1.54) is 37.5 Å². The van der Waals surface area contributed by atoms with Gasteiger partial charge >= 0.3 is 0 Å². The molecule has 1 heterocycles. The summed E-state index contributed by atoms with van der Waals surface area (Å²) in [5, 5.41) is 4.23. The maximum Gasteiger partial charge on any atom is 0.271 e. The van der Waals surface area contributed by atoms with E-state index in [9.17, 15) is 18.0 Å². The number of nitrogens with one attached hydrogen (secondary N) is 1. The van der Waals surface area contributed by atoms with Crippen molar-refractivity contribution in [3.05, 3.63) is 101 Å². The Kier molecular flexibility index (Phi) is 6.54. The highest BCUT2D eigenvalue weighted by atomic mass is 19.2. The number of halogens is 3. The van der Waals surface area contributed by atoms with Gasteiger partial charge in [-0.3, -0.25) is 4.79 Å². The molecule has 1 fully saturated rings. The van der Waals surface area contributed by atoms with Gasteiger partial charge in [0, 0.05) is 35.5 Å². The first-order chi connectivity index (χ1) is 15.5. The minimum absolute atomic E-state index is 0.0634. The molecule has 0 bridgehead atoms. The van der Waals surface area contributed by atoms with Crippen molar-refractivity contribution in [3.8, 4) is 0 Å². The van der Waals surface area contributed by atoms with E-state index in [1.54, 1.807) is 12.1 Å². The molecule has 32 heavy (non-hydrogen) atoms. The molecule has 4 nitrogen and oxygen atoms in total. The minimum atomic E-state index is -1.12. The lowest BCUT2D eigenvalue weighted by molar-refractivity contribution is 0.0954. The van der Waals surface area contributed by atoms with Crippen molar-refractivity contribution in [3.63, 3.8) is 0 Å². The van der Waals surface area contributed by atoms with Crippen molar-refractivity contribution in [2.45, 2.75) is 19.3 Å². The molecule has 3 aromatic carbocycles. The van der Waals surface area contributed by atoms with Crippen LogP contribution in [0.4, 0.5) is 18.9 Å². The summed E-state index contributed by atoms with van der Waals surface area (Å²) in [4.78, 5) is 14.7. The monoisotopic (exact) mass is 437 g/mol. The third-order valence-corrected chi connectivity index (χ3v) is 5.43. The number of piperidine rings is 1. The Morgan fingerprint density at radius 1 is 0.750 bits per heavy atom. The average Bonchev–Trinajstić information content (AvgIpc) is 2.83. The molecule has 0 saturated carbocycles. The smallest absolute Gasteiger partial charge is 0.271 e. The fraction of sp³-hybridized carbons (Fsp3) is 0.200. The highest BCUT2D eigenvalue weighted by Gasteiger charge is 2.14. The summed E-state index contributed by atoms with van der Waals surface area (Å²) in [5.74, 6) is -3.23. The van der Waals surface area contributed by atoms with E-state index in [1.807, 2.05) is 24.3 Å². The predicted molar refractivity (Wildman–Crippen MR) is 118 cm³/mol. The summed E-state index contributed by atoms with van der Waals surface area (Å²) in [7, 11) is 0. The quantitative estimate of drug-likeness (QED) is 0.436. The van der Waals surface area contributed by atoms with Crippen LogP contribution in [0.5, 0.6) is 0 Å². The van der Waals surface area contributed by atoms with E-state index < -0.39 is 17.5 Å². The average molecular weight is 437 g/mol. The zero-order valence-electron chi connectivity index (χ0n) is 17.3. The molecular formula is C25H22F3N3O. The van der Waals surface area contributed by atoms with E-state index in [4.69, 9.17) is 0 Å². The fourth-order valence-corrected chi connectivity index (χ4v) is 3.69. The molecular weight excluding hydrogens is 415 g/mol. The van der Waals surface area contributed by atoms with Crippen LogP contribution < -0.4 is 10.3 Å². The Bertz CT molecular complexity index is 1120. The van der Waals surface area contributed by atoms with E-state index >= 15 is 0 Å². The van der Waals surface area contributed by atoms with Crippen LogP contribution in [0, 0.1) is 17.5 Å². The third-order valence-electron chi connectivity index (χ3n) is 5.43. The van der Waals surface area contributed by atoms with Gasteiger partial charge in [-0.1, -0.05) is 12.1 Å². The molecule has 0 aliphatic carbocycles. The summed E-state index contributed by atoms with van der Waals surface area (Å²) >= 11 is 0. The molecule has 164 valence electrons. The number of nitrogens with zero attached hydrogens (tertiary/aromatic N) is 2. The first kappa shape index (κ1) is 21.6. The molecule has 1 aliphatic heterocycles. The lowest BCUT2D eigenvalue weighted by Crippen LogP contribution is -2.29. The SMILES string of the molecule is O=C(N/N=C(/c1ccc(F)cc1)c1ccc(N2CCCCC2)cc1)c1ccc(F)c(F)c1. The normalized spacial score (nSPS) is 14.3. The van der Waals surface area contributed by atoms with Crippen LogP contribution in [-0.4, -0.2) is 24.7 Å². The van der Waals surface area contributed by atoms with Crippen molar-refractivity contribution in [1.29, 1.82) is 0 Å². The maximum atomic E-state index is 13.5. The molecule has 1 saturated heterocycles. The number of anilines is 1. The lowest BCUT2D eigenvalue weighted by atomic mass is 10.0. The van der Waals surface area contributed by atoms with Gasteiger partial charge in [0.2, 0.25) is 0 Å². The van der Waals surface area contributed by atoms with Crippen molar-refractivity contribution >= 4 is 17.3 Å². The largest absolute Gasteiger partial charge is 0.372 e. The fourth-order valence-electron chi connectivity index (χ4n) is 3.69. The number of rotatable bonds is 5. The number of benzene rings is 3. The third kappa shape index (κ3) is 4.99. The van der Waals surface area contributed by atoms with Crippen LogP contribution in [0.1, 0.15) is 40.7 Å². The number of hydrogen-bond acceptors (Lipinski definition) is 3. The van der Waals surface area contributed by atoms with Crippen molar-refractivity contribution in [2.24, 2.45) is 5.10 Å². The first-order valence-electron chi connectivity index (χ1n) is 10.5. The highest BCUT2D eigenvalue weighted by molar-refractivity contribution is 6.13. The van der Waals surface area contributed by atoms with Crippen LogP contribution in [0.15, 0.2) is 71.8 Å². The van der Waals surface area contributed by atoms with E-state index in [0.29, 0.717) is 11.3 Å². The van der Waals surface area contributed by atoms with Crippen LogP contribution in [-0.2, 0) is 0 Å². The number of carbonyl (C=O) groups excluding carboxylic acids is 1. The molecule has 1 amide bonds. The second-order valence-corrected chi connectivity index (χ2v) is 7.63. The van der Waals surface area contributed by atoms with Gasteiger partial charge in [0.05, 0.1) is 5.71 Å².